The third kappa shape index (κ3) is 4.85. The number of pyridine rings is 1. The van der Waals surface area contributed by atoms with Crippen molar-refractivity contribution < 1.29 is 4.79 Å². The first-order valence-corrected chi connectivity index (χ1v) is 8.20. The van der Waals surface area contributed by atoms with Gasteiger partial charge >= 0.3 is 0 Å². The molecule has 0 unspecified atom stereocenters. The van der Waals surface area contributed by atoms with Crippen LogP contribution in [0.1, 0.15) is 30.1 Å². The van der Waals surface area contributed by atoms with E-state index in [-0.39, 0.29) is 5.91 Å². The first kappa shape index (κ1) is 17.6. The van der Waals surface area contributed by atoms with Gasteiger partial charge in [-0.1, -0.05) is 36.5 Å². The van der Waals surface area contributed by atoms with Gasteiger partial charge < -0.3 is 10.2 Å². The highest BCUT2D eigenvalue weighted by molar-refractivity contribution is 6.36. The van der Waals surface area contributed by atoms with Crippen molar-refractivity contribution in [3.63, 3.8) is 0 Å². The molecule has 23 heavy (non-hydrogen) atoms. The highest BCUT2D eigenvalue weighted by Crippen LogP contribution is 2.25. The van der Waals surface area contributed by atoms with E-state index in [1.165, 1.54) is 0 Å². The Labute approximate surface area is 146 Å². The summed E-state index contributed by atoms with van der Waals surface area (Å²) in [6, 6.07) is 8.52. The van der Waals surface area contributed by atoms with Crippen LogP contribution in [0.3, 0.4) is 0 Å². The zero-order chi connectivity index (χ0) is 16.8. The fourth-order valence-corrected chi connectivity index (χ4v) is 2.50. The molecule has 0 aliphatic carbocycles. The van der Waals surface area contributed by atoms with Crippen LogP contribution in [-0.4, -0.2) is 24.5 Å². The standard InChI is InChI=1S/C17H19Cl2N3O/c1-3-4-9-22(2)16-8-5-12(11-20-16)17(23)21-15-7-6-13(18)10-14(15)19/h5-8,10-11H,3-4,9H2,1-2H3,(H,21,23). The fourth-order valence-electron chi connectivity index (χ4n) is 2.04. The summed E-state index contributed by atoms with van der Waals surface area (Å²) in [5, 5.41) is 3.67. The number of nitrogens with one attached hydrogen (secondary N) is 1. The molecular formula is C17H19Cl2N3O. The minimum Gasteiger partial charge on any atom is -0.360 e. The fraction of sp³-hybridized carbons (Fsp3) is 0.294. The summed E-state index contributed by atoms with van der Waals surface area (Å²) in [5.41, 5.74) is 0.994. The second kappa shape index (κ2) is 8.18. The van der Waals surface area contributed by atoms with Crippen LogP contribution in [0, 0.1) is 0 Å². The van der Waals surface area contributed by atoms with Crippen LogP contribution in [0.2, 0.25) is 10.0 Å². The van der Waals surface area contributed by atoms with E-state index in [0.29, 0.717) is 21.3 Å². The summed E-state index contributed by atoms with van der Waals surface area (Å²) < 4.78 is 0. The van der Waals surface area contributed by atoms with Crippen molar-refractivity contribution in [1.29, 1.82) is 0 Å². The molecule has 122 valence electrons. The van der Waals surface area contributed by atoms with Crippen LogP contribution in [0.15, 0.2) is 36.5 Å². The lowest BCUT2D eigenvalue weighted by Gasteiger charge is -2.17. The Bertz CT molecular complexity index is 674. The molecule has 2 rings (SSSR count). The zero-order valence-electron chi connectivity index (χ0n) is 13.1. The van der Waals surface area contributed by atoms with Crippen molar-refractivity contribution in [2.75, 3.05) is 23.8 Å². The van der Waals surface area contributed by atoms with Crippen molar-refractivity contribution in [1.82, 2.24) is 4.98 Å². The number of hydrogen-bond acceptors (Lipinski definition) is 3. The molecule has 1 amide bonds. The Hall–Kier alpha value is -1.78. The number of anilines is 2. The molecule has 0 atom stereocenters. The predicted octanol–water partition coefficient (Wildman–Crippen LogP) is 4.88. The van der Waals surface area contributed by atoms with E-state index < -0.39 is 0 Å². The normalized spacial score (nSPS) is 10.4. The average molecular weight is 352 g/mol. The second-order valence-corrected chi connectivity index (χ2v) is 6.10. The molecule has 1 N–H and O–H groups in total. The maximum atomic E-state index is 12.2. The third-order valence-corrected chi connectivity index (χ3v) is 3.98. The summed E-state index contributed by atoms with van der Waals surface area (Å²) in [6.07, 6.45) is 3.80. The molecule has 0 spiro atoms. The summed E-state index contributed by atoms with van der Waals surface area (Å²) in [5.74, 6) is 0.587. The van der Waals surface area contributed by atoms with Gasteiger partial charge in [-0.2, -0.15) is 0 Å². The second-order valence-electron chi connectivity index (χ2n) is 5.26. The molecule has 0 saturated carbocycles. The molecule has 1 heterocycles. The number of nitrogens with zero attached hydrogens (tertiary/aromatic N) is 2. The van der Waals surface area contributed by atoms with Crippen molar-refractivity contribution >= 4 is 40.6 Å². The van der Waals surface area contributed by atoms with E-state index in [2.05, 4.69) is 22.1 Å². The Kier molecular flexibility index (Phi) is 6.25. The number of aromatic nitrogens is 1. The van der Waals surface area contributed by atoms with Gasteiger partial charge in [0.25, 0.3) is 5.91 Å². The van der Waals surface area contributed by atoms with Gasteiger partial charge in [-0.15, -0.1) is 0 Å². The highest BCUT2D eigenvalue weighted by Gasteiger charge is 2.10. The Morgan fingerprint density at radius 2 is 2.04 bits per heavy atom. The van der Waals surface area contributed by atoms with E-state index in [0.717, 1.165) is 25.2 Å². The predicted molar refractivity (Wildman–Crippen MR) is 96.8 cm³/mol. The van der Waals surface area contributed by atoms with Crippen LogP contribution in [0.25, 0.3) is 0 Å². The first-order chi connectivity index (χ1) is 11.0. The number of amides is 1. The number of rotatable bonds is 6. The molecule has 4 nitrogen and oxygen atoms in total. The van der Waals surface area contributed by atoms with Gasteiger partial charge in [0.2, 0.25) is 0 Å². The smallest absolute Gasteiger partial charge is 0.257 e. The lowest BCUT2D eigenvalue weighted by Crippen LogP contribution is -2.20. The molecule has 0 saturated heterocycles. The van der Waals surface area contributed by atoms with Gasteiger partial charge in [-0.25, -0.2) is 4.98 Å². The van der Waals surface area contributed by atoms with Crippen molar-refractivity contribution in [3.05, 3.63) is 52.1 Å². The van der Waals surface area contributed by atoms with E-state index in [9.17, 15) is 4.79 Å². The van der Waals surface area contributed by atoms with E-state index in [1.807, 2.05) is 13.1 Å². The van der Waals surface area contributed by atoms with E-state index in [4.69, 9.17) is 23.2 Å². The SMILES string of the molecule is CCCCN(C)c1ccc(C(=O)Nc2ccc(Cl)cc2Cl)cn1. The summed E-state index contributed by atoms with van der Waals surface area (Å²) >= 11 is 11.9. The van der Waals surface area contributed by atoms with Gasteiger partial charge in [0.15, 0.2) is 0 Å². The molecule has 1 aromatic heterocycles. The quantitative estimate of drug-likeness (QED) is 0.806. The zero-order valence-corrected chi connectivity index (χ0v) is 14.7. The summed E-state index contributed by atoms with van der Waals surface area (Å²) in [6.45, 7) is 3.09. The molecule has 2 aromatic rings. The lowest BCUT2D eigenvalue weighted by atomic mass is 10.2. The highest BCUT2D eigenvalue weighted by atomic mass is 35.5. The number of carbonyl (C=O) groups is 1. The number of halogens is 2. The number of unbranched alkanes of at least 4 members (excludes halogenated alkanes) is 1. The number of hydrogen-bond donors (Lipinski definition) is 1. The largest absolute Gasteiger partial charge is 0.360 e. The Balaban J connectivity index is 2.05. The molecule has 0 radical (unpaired) electrons. The van der Waals surface area contributed by atoms with Gasteiger partial charge in [0.1, 0.15) is 5.82 Å². The van der Waals surface area contributed by atoms with Crippen molar-refractivity contribution in [2.24, 2.45) is 0 Å². The Morgan fingerprint density at radius 1 is 1.26 bits per heavy atom. The molecule has 0 fully saturated rings. The third-order valence-electron chi connectivity index (χ3n) is 3.43. The van der Waals surface area contributed by atoms with Gasteiger partial charge in [-0.3, -0.25) is 4.79 Å². The molecule has 6 heteroatoms. The maximum absolute atomic E-state index is 12.2. The van der Waals surface area contributed by atoms with Crippen LogP contribution in [0.5, 0.6) is 0 Å². The molecule has 0 aliphatic rings. The lowest BCUT2D eigenvalue weighted by molar-refractivity contribution is 0.102. The van der Waals surface area contributed by atoms with Crippen molar-refractivity contribution in [2.45, 2.75) is 19.8 Å². The molecule has 0 aliphatic heterocycles. The van der Waals surface area contributed by atoms with E-state index >= 15 is 0 Å². The minimum absolute atomic E-state index is 0.260. The first-order valence-electron chi connectivity index (χ1n) is 7.45. The topological polar surface area (TPSA) is 45.2 Å². The monoisotopic (exact) mass is 351 g/mol. The van der Waals surface area contributed by atoms with Gasteiger partial charge in [0, 0.05) is 24.8 Å². The average Bonchev–Trinajstić information content (AvgIpc) is 2.55. The minimum atomic E-state index is -0.260. The summed E-state index contributed by atoms with van der Waals surface area (Å²) in [4.78, 5) is 18.7. The van der Waals surface area contributed by atoms with Gasteiger partial charge in [0.05, 0.1) is 16.3 Å². The molecular weight excluding hydrogens is 333 g/mol. The van der Waals surface area contributed by atoms with Crippen LogP contribution in [-0.2, 0) is 0 Å². The van der Waals surface area contributed by atoms with Crippen LogP contribution >= 0.6 is 23.2 Å². The van der Waals surface area contributed by atoms with E-state index in [1.54, 1.807) is 30.5 Å². The summed E-state index contributed by atoms with van der Waals surface area (Å²) in [7, 11) is 1.99. The van der Waals surface area contributed by atoms with Gasteiger partial charge in [-0.05, 0) is 36.8 Å². The van der Waals surface area contributed by atoms with Crippen LogP contribution < -0.4 is 10.2 Å². The van der Waals surface area contributed by atoms with Crippen LogP contribution in [0.4, 0.5) is 11.5 Å². The molecule has 1 aromatic carbocycles. The number of carbonyl (C=O) groups excluding carboxylic acids is 1. The Morgan fingerprint density at radius 3 is 2.65 bits per heavy atom. The maximum Gasteiger partial charge on any atom is 0.257 e. The van der Waals surface area contributed by atoms with Crippen molar-refractivity contribution in [3.8, 4) is 0 Å². The molecule has 0 bridgehead atoms. The number of benzene rings is 1.